The lowest BCUT2D eigenvalue weighted by Crippen LogP contribution is -2.44. The Balaban J connectivity index is 0.00000220. The molecule has 0 aliphatic carbocycles. The number of hydrogen-bond donors (Lipinski definition) is 1. The number of aliphatic imine (C=N–C) groups is 1. The topological polar surface area (TPSA) is 44.9 Å². The summed E-state index contributed by atoms with van der Waals surface area (Å²) in [4.78, 5) is 9.58. The fraction of sp³-hybridized carbons (Fsp3) is 0.938. The maximum Gasteiger partial charge on any atom is 0.191 e. The molecule has 0 amide bonds. The van der Waals surface area contributed by atoms with E-state index in [-0.39, 0.29) is 24.0 Å². The molecule has 5 heteroatoms. The summed E-state index contributed by atoms with van der Waals surface area (Å²) in [5.41, 5.74) is 6.20. The molecule has 2 aliphatic rings. The second-order valence-electron chi connectivity index (χ2n) is 6.92. The van der Waals surface area contributed by atoms with Gasteiger partial charge in [-0.15, -0.1) is 24.0 Å². The third kappa shape index (κ3) is 5.58. The van der Waals surface area contributed by atoms with Crippen LogP contribution in [0.1, 0.15) is 46.5 Å². The molecular formula is C16H33IN4. The number of piperidine rings is 1. The molecule has 2 heterocycles. The summed E-state index contributed by atoms with van der Waals surface area (Å²) < 4.78 is 0. The van der Waals surface area contributed by atoms with Gasteiger partial charge < -0.3 is 10.6 Å². The van der Waals surface area contributed by atoms with E-state index in [9.17, 15) is 0 Å². The fourth-order valence-electron chi connectivity index (χ4n) is 3.35. The Kier molecular flexibility index (Phi) is 8.31. The normalized spacial score (nSPS) is 23.4. The third-order valence-corrected chi connectivity index (χ3v) is 4.93. The van der Waals surface area contributed by atoms with E-state index < -0.39 is 0 Å². The Hall–Kier alpha value is -0.0400. The van der Waals surface area contributed by atoms with Gasteiger partial charge in [-0.3, -0.25) is 9.89 Å². The van der Waals surface area contributed by atoms with Gasteiger partial charge in [0.1, 0.15) is 0 Å². The van der Waals surface area contributed by atoms with Crippen molar-refractivity contribution in [1.29, 1.82) is 0 Å². The lowest BCUT2D eigenvalue weighted by atomic mass is 9.99. The fourth-order valence-corrected chi connectivity index (χ4v) is 3.35. The minimum absolute atomic E-state index is 0. The van der Waals surface area contributed by atoms with Crippen molar-refractivity contribution in [2.24, 2.45) is 22.6 Å². The molecule has 124 valence electrons. The molecule has 0 aromatic rings. The molecule has 0 radical (unpaired) electrons. The zero-order valence-corrected chi connectivity index (χ0v) is 16.3. The summed E-state index contributed by atoms with van der Waals surface area (Å²) in [6.45, 7) is 12.4. The Morgan fingerprint density at radius 1 is 1.14 bits per heavy atom. The van der Waals surface area contributed by atoms with E-state index in [0.717, 1.165) is 31.5 Å². The van der Waals surface area contributed by atoms with Crippen LogP contribution >= 0.6 is 24.0 Å². The Bertz CT molecular complexity index is 318. The number of rotatable bonds is 4. The van der Waals surface area contributed by atoms with E-state index in [1.54, 1.807) is 0 Å². The molecule has 0 bridgehead atoms. The van der Waals surface area contributed by atoms with E-state index >= 15 is 0 Å². The maximum atomic E-state index is 6.20. The van der Waals surface area contributed by atoms with Gasteiger partial charge in [-0.05, 0) is 50.6 Å². The highest BCUT2D eigenvalue weighted by Gasteiger charge is 2.25. The van der Waals surface area contributed by atoms with Crippen molar-refractivity contribution >= 4 is 29.9 Å². The van der Waals surface area contributed by atoms with Crippen LogP contribution in [0, 0.1) is 11.8 Å². The molecule has 2 fully saturated rings. The molecule has 0 aromatic carbocycles. The molecule has 0 spiro atoms. The first-order valence-corrected chi connectivity index (χ1v) is 8.37. The van der Waals surface area contributed by atoms with Crippen LogP contribution in [0.4, 0.5) is 0 Å². The first-order valence-electron chi connectivity index (χ1n) is 8.37. The molecule has 1 unspecified atom stereocenters. The van der Waals surface area contributed by atoms with Crippen LogP contribution in [0.5, 0.6) is 0 Å². The summed E-state index contributed by atoms with van der Waals surface area (Å²) in [6, 6.07) is 0.555. The number of guanidine groups is 1. The van der Waals surface area contributed by atoms with Crippen molar-refractivity contribution < 1.29 is 0 Å². The van der Waals surface area contributed by atoms with Crippen molar-refractivity contribution in [3.8, 4) is 0 Å². The van der Waals surface area contributed by atoms with Crippen LogP contribution in [-0.2, 0) is 0 Å². The van der Waals surface area contributed by atoms with E-state index in [1.807, 2.05) is 0 Å². The molecule has 0 saturated carbocycles. The molecule has 2 saturated heterocycles. The number of nitrogens with zero attached hydrogens (tertiary/aromatic N) is 3. The monoisotopic (exact) mass is 408 g/mol. The lowest BCUT2D eigenvalue weighted by Gasteiger charge is -2.32. The second-order valence-corrected chi connectivity index (χ2v) is 6.92. The van der Waals surface area contributed by atoms with Gasteiger partial charge in [-0.1, -0.05) is 20.8 Å². The van der Waals surface area contributed by atoms with Gasteiger partial charge in [-0.2, -0.15) is 0 Å². The molecule has 2 rings (SSSR count). The smallest absolute Gasteiger partial charge is 0.191 e. The largest absolute Gasteiger partial charge is 0.370 e. The molecular weight excluding hydrogens is 375 g/mol. The van der Waals surface area contributed by atoms with Gasteiger partial charge in [0.05, 0.1) is 6.54 Å². The van der Waals surface area contributed by atoms with Crippen LogP contribution in [0.15, 0.2) is 4.99 Å². The van der Waals surface area contributed by atoms with Crippen LogP contribution in [-0.4, -0.2) is 54.5 Å². The van der Waals surface area contributed by atoms with Gasteiger partial charge in [-0.25, -0.2) is 0 Å². The standard InChI is InChI=1S/C16H32N4.HI/c1-13(2)15(19-8-4-5-9-19)12-18-16(17)20-10-6-14(3)7-11-20;/h13-15H,4-12H2,1-3H3,(H2,17,18);1H. The summed E-state index contributed by atoms with van der Waals surface area (Å²) in [5, 5.41) is 0. The van der Waals surface area contributed by atoms with Gasteiger partial charge >= 0.3 is 0 Å². The summed E-state index contributed by atoms with van der Waals surface area (Å²) in [6.07, 6.45) is 5.17. The zero-order chi connectivity index (χ0) is 14.5. The van der Waals surface area contributed by atoms with Crippen molar-refractivity contribution in [3.63, 3.8) is 0 Å². The molecule has 2 N–H and O–H groups in total. The number of hydrogen-bond acceptors (Lipinski definition) is 2. The lowest BCUT2D eigenvalue weighted by molar-refractivity contribution is 0.196. The van der Waals surface area contributed by atoms with Crippen molar-refractivity contribution in [1.82, 2.24) is 9.80 Å². The predicted molar refractivity (Wildman–Crippen MR) is 101 cm³/mol. The van der Waals surface area contributed by atoms with Crippen LogP contribution in [0.25, 0.3) is 0 Å². The third-order valence-electron chi connectivity index (χ3n) is 4.93. The minimum atomic E-state index is 0. The summed E-state index contributed by atoms with van der Waals surface area (Å²) >= 11 is 0. The molecule has 0 aromatic heterocycles. The molecule has 4 nitrogen and oxygen atoms in total. The van der Waals surface area contributed by atoms with E-state index in [0.29, 0.717) is 12.0 Å². The predicted octanol–water partition coefficient (Wildman–Crippen LogP) is 2.77. The van der Waals surface area contributed by atoms with Crippen LogP contribution < -0.4 is 5.73 Å². The summed E-state index contributed by atoms with van der Waals surface area (Å²) in [7, 11) is 0. The van der Waals surface area contributed by atoms with Crippen molar-refractivity contribution in [3.05, 3.63) is 0 Å². The highest BCUT2D eigenvalue weighted by Crippen LogP contribution is 2.19. The van der Waals surface area contributed by atoms with Gasteiger partial charge in [0.15, 0.2) is 5.96 Å². The Labute approximate surface area is 147 Å². The minimum Gasteiger partial charge on any atom is -0.370 e. The second kappa shape index (κ2) is 9.18. The van der Waals surface area contributed by atoms with E-state index in [1.165, 1.54) is 38.8 Å². The van der Waals surface area contributed by atoms with Crippen molar-refractivity contribution in [2.75, 3.05) is 32.7 Å². The molecule has 1 atom stereocenters. The van der Waals surface area contributed by atoms with Gasteiger partial charge in [0.2, 0.25) is 0 Å². The number of halogens is 1. The summed E-state index contributed by atoms with van der Waals surface area (Å²) in [5.74, 6) is 2.25. The first kappa shape index (κ1) is 19.0. The Morgan fingerprint density at radius 3 is 2.24 bits per heavy atom. The van der Waals surface area contributed by atoms with Gasteiger partial charge in [0, 0.05) is 19.1 Å². The zero-order valence-electron chi connectivity index (χ0n) is 13.9. The quantitative estimate of drug-likeness (QED) is 0.442. The molecule has 21 heavy (non-hydrogen) atoms. The van der Waals surface area contributed by atoms with E-state index in [4.69, 9.17) is 10.7 Å². The van der Waals surface area contributed by atoms with Crippen LogP contribution in [0.2, 0.25) is 0 Å². The average Bonchev–Trinajstić information content (AvgIpc) is 2.93. The van der Waals surface area contributed by atoms with Crippen LogP contribution in [0.3, 0.4) is 0 Å². The van der Waals surface area contributed by atoms with Crippen molar-refractivity contribution in [2.45, 2.75) is 52.5 Å². The maximum absolute atomic E-state index is 6.20. The number of nitrogens with two attached hydrogens (primary N) is 1. The number of likely N-dealkylation sites (tertiary alicyclic amines) is 2. The van der Waals surface area contributed by atoms with E-state index in [2.05, 4.69) is 30.6 Å². The SMILES string of the molecule is CC1CCN(C(N)=NCC(C(C)C)N2CCCC2)CC1.I. The first-order chi connectivity index (χ1) is 9.58. The highest BCUT2D eigenvalue weighted by atomic mass is 127. The Morgan fingerprint density at radius 2 is 1.71 bits per heavy atom. The molecule has 2 aliphatic heterocycles. The van der Waals surface area contributed by atoms with Gasteiger partial charge in [0.25, 0.3) is 0 Å². The average molecular weight is 408 g/mol. The highest BCUT2D eigenvalue weighted by molar-refractivity contribution is 14.0.